The average molecular weight is 362 g/mol. The van der Waals surface area contributed by atoms with Crippen LogP contribution in [-0.2, 0) is 22.4 Å². The number of aliphatic carboxylic acids is 2. The van der Waals surface area contributed by atoms with E-state index >= 15 is 0 Å². The molecule has 8 nitrogen and oxygen atoms in total. The summed E-state index contributed by atoms with van der Waals surface area (Å²) in [6.45, 7) is 0. The van der Waals surface area contributed by atoms with Gasteiger partial charge in [0.15, 0.2) is 23.0 Å². The molecule has 2 aromatic carbocycles. The average Bonchev–Trinajstić information content (AvgIpc) is 2.56. The van der Waals surface area contributed by atoms with Gasteiger partial charge < -0.3 is 30.6 Å². The molecule has 0 saturated carbocycles. The SMILES string of the molecule is O=C(O)[C@@H](Cc1ccc(O)c(O)c1)[C@@H](Cc1ccc(O)c(O)c1)C(=O)O. The number of carboxylic acids is 2. The van der Waals surface area contributed by atoms with Crippen LogP contribution < -0.4 is 0 Å². The molecular formula is C18H18O8. The lowest BCUT2D eigenvalue weighted by Gasteiger charge is -2.21. The maximum absolute atomic E-state index is 11.6. The number of rotatable bonds is 7. The Bertz CT molecular complexity index is 760. The molecule has 26 heavy (non-hydrogen) atoms. The molecule has 0 unspecified atom stereocenters. The minimum absolute atomic E-state index is 0.176. The van der Waals surface area contributed by atoms with Crippen molar-refractivity contribution < 1.29 is 40.2 Å². The van der Waals surface area contributed by atoms with Crippen LogP contribution >= 0.6 is 0 Å². The first kappa shape index (κ1) is 18.9. The number of phenolic OH excluding ortho intramolecular Hbond substituents is 4. The Balaban J connectivity index is 2.30. The highest BCUT2D eigenvalue weighted by Gasteiger charge is 2.34. The van der Waals surface area contributed by atoms with Gasteiger partial charge in [0.1, 0.15) is 0 Å². The van der Waals surface area contributed by atoms with Gasteiger partial charge in [-0.15, -0.1) is 0 Å². The van der Waals surface area contributed by atoms with Crippen LogP contribution in [0.25, 0.3) is 0 Å². The number of carboxylic acid groups (broad SMARTS) is 2. The first-order chi connectivity index (χ1) is 12.2. The second-order valence-corrected chi connectivity index (χ2v) is 5.94. The van der Waals surface area contributed by atoms with Crippen molar-refractivity contribution in [2.75, 3.05) is 0 Å². The van der Waals surface area contributed by atoms with Crippen LogP contribution in [-0.4, -0.2) is 42.6 Å². The van der Waals surface area contributed by atoms with Gasteiger partial charge in [0.2, 0.25) is 0 Å². The topological polar surface area (TPSA) is 156 Å². The summed E-state index contributed by atoms with van der Waals surface area (Å²) >= 11 is 0. The zero-order valence-corrected chi connectivity index (χ0v) is 13.5. The fraction of sp³-hybridized carbons (Fsp3) is 0.222. The van der Waals surface area contributed by atoms with Gasteiger partial charge in [-0.1, -0.05) is 12.1 Å². The van der Waals surface area contributed by atoms with E-state index in [-0.39, 0.29) is 24.3 Å². The van der Waals surface area contributed by atoms with Crippen LogP contribution in [0.4, 0.5) is 0 Å². The number of hydrogen-bond donors (Lipinski definition) is 6. The summed E-state index contributed by atoms with van der Waals surface area (Å²) < 4.78 is 0. The predicted molar refractivity (Wildman–Crippen MR) is 89.2 cm³/mol. The van der Waals surface area contributed by atoms with Gasteiger partial charge >= 0.3 is 11.9 Å². The summed E-state index contributed by atoms with van der Waals surface area (Å²) in [6, 6.07) is 7.54. The van der Waals surface area contributed by atoms with E-state index in [2.05, 4.69) is 0 Å². The van der Waals surface area contributed by atoms with E-state index in [1.165, 1.54) is 36.4 Å². The molecule has 0 radical (unpaired) electrons. The largest absolute Gasteiger partial charge is 0.504 e. The summed E-state index contributed by atoms with van der Waals surface area (Å²) in [5.41, 5.74) is 0.708. The summed E-state index contributed by atoms with van der Waals surface area (Å²) in [5, 5.41) is 56.7. The Morgan fingerprint density at radius 2 is 1.00 bits per heavy atom. The lowest BCUT2D eigenvalue weighted by atomic mass is 9.82. The highest BCUT2D eigenvalue weighted by molar-refractivity contribution is 5.80. The maximum Gasteiger partial charge on any atom is 0.307 e. The predicted octanol–water partition coefficient (Wildman–Crippen LogP) is 1.70. The molecule has 0 heterocycles. The summed E-state index contributed by atoms with van der Waals surface area (Å²) in [5.74, 6) is -6.87. The van der Waals surface area contributed by atoms with Crippen LogP contribution in [0.3, 0.4) is 0 Å². The lowest BCUT2D eigenvalue weighted by molar-refractivity contribution is -0.153. The molecule has 0 amide bonds. The fourth-order valence-electron chi connectivity index (χ4n) is 2.70. The molecular weight excluding hydrogens is 344 g/mol. The van der Waals surface area contributed by atoms with E-state index in [4.69, 9.17) is 0 Å². The van der Waals surface area contributed by atoms with E-state index in [0.29, 0.717) is 11.1 Å². The molecule has 8 heteroatoms. The van der Waals surface area contributed by atoms with Gasteiger partial charge in [0, 0.05) is 0 Å². The Labute approximate surface area is 148 Å². The fourth-order valence-corrected chi connectivity index (χ4v) is 2.70. The third-order valence-electron chi connectivity index (χ3n) is 4.11. The molecule has 0 fully saturated rings. The van der Waals surface area contributed by atoms with Crippen LogP contribution in [0.5, 0.6) is 23.0 Å². The van der Waals surface area contributed by atoms with Gasteiger partial charge in [-0.3, -0.25) is 9.59 Å². The molecule has 0 aliphatic rings. The van der Waals surface area contributed by atoms with Crippen molar-refractivity contribution in [3.8, 4) is 23.0 Å². The van der Waals surface area contributed by atoms with Gasteiger partial charge in [-0.2, -0.15) is 0 Å². The van der Waals surface area contributed by atoms with Crippen molar-refractivity contribution in [3.63, 3.8) is 0 Å². The highest BCUT2D eigenvalue weighted by Crippen LogP contribution is 2.31. The normalized spacial score (nSPS) is 13.1. The Hall–Kier alpha value is -3.42. The Morgan fingerprint density at radius 3 is 1.27 bits per heavy atom. The van der Waals surface area contributed by atoms with Gasteiger partial charge in [-0.25, -0.2) is 0 Å². The van der Waals surface area contributed by atoms with E-state index in [1.807, 2.05) is 0 Å². The second kappa shape index (κ2) is 7.64. The minimum Gasteiger partial charge on any atom is -0.504 e. The van der Waals surface area contributed by atoms with Crippen molar-refractivity contribution in [3.05, 3.63) is 47.5 Å². The van der Waals surface area contributed by atoms with Gasteiger partial charge in [0.05, 0.1) is 11.8 Å². The third-order valence-corrected chi connectivity index (χ3v) is 4.11. The lowest BCUT2D eigenvalue weighted by Crippen LogP contribution is -2.33. The molecule has 2 aromatic rings. The minimum atomic E-state index is -1.33. The zero-order chi connectivity index (χ0) is 19.4. The Morgan fingerprint density at radius 1 is 0.654 bits per heavy atom. The second-order valence-electron chi connectivity index (χ2n) is 5.94. The molecule has 6 N–H and O–H groups in total. The first-order valence-corrected chi connectivity index (χ1v) is 7.66. The monoisotopic (exact) mass is 362 g/mol. The molecule has 0 aromatic heterocycles. The van der Waals surface area contributed by atoms with Crippen molar-refractivity contribution in [2.24, 2.45) is 11.8 Å². The van der Waals surface area contributed by atoms with Crippen LogP contribution in [0, 0.1) is 11.8 Å². The molecule has 0 spiro atoms. The first-order valence-electron chi connectivity index (χ1n) is 7.66. The Kier molecular flexibility index (Phi) is 5.56. The summed E-state index contributed by atoms with van der Waals surface area (Å²) in [7, 11) is 0. The van der Waals surface area contributed by atoms with E-state index < -0.39 is 35.3 Å². The summed E-state index contributed by atoms with van der Waals surface area (Å²) in [4.78, 5) is 23.3. The molecule has 0 aliphatic carbocycles. The molecule has 2 rings (SSSR count). The molecule has 0 saturated heterocycles. The molecule has 0 bridgehead atoms. The van der Waals surface area contributed by atoms with Crippen molar-refractivity contribution in [2.45, 2.75) is 12.8 Å². The molecule has 0 aliphatic heterocycles. The van der Waals surface area contributed by atoms with E-state index in [0.717, 1.165) is 0 Å². The van der Waals surface area contributed by atoms with Crippen molar-refractivity contribution >= 4 is 11.9 Å². The van der Waals surface area contributed by atoms with Gasteiger partial charge in [0.25, 0.3) is 0 Å². The van der Waals surface area contributed by atoms with Crippen molar-refractivity contribution in [1.82, 2.24) is 0 Å². The van der Waals surface area contributed by atoms with Crippen molar-refractivity contribution in [1.29, 1.82) is 0 Å². The van der Waals surface area contributed by atoms with Crippen LogP contribution in [0.1, 0.15) is 11.1 Å². The van der Waals surface area contributed by atoms with E-state index in [1.54, 1.807) is 0 Å². The zero-order valence-electron chi connectivity index (χ0n) is 13.5. The number of phenols is 4. The van der Waals surface area contributed by atoms with E-state index in [9.17, 15) is 40.2 Å². The number of benzene rings is 2. The number of aromatic hydroxyl groups is 4. The molecule has 138 valence electrons. The maximum atomic E-state index is 11.6. The van der Waals surface area contributed by atoms with Crippen LogP contribution in [0.15, 0.2) is 36.4 Å². The van der Waals surface area contributed by atoms with Gasteiger partial charge in [-0.05, 0) is 48.2 Å². The quantitative estimate of drug-likeness (QED) is 0.406. The third kappa shape index (κ3) is 4.35. The van der Waals surface area contributed by atoms with Crippen LogP contribution in [0.2, 0.25) is 0 Å². The highest BCUT2D eigenvalue weighted by atomic mass is 16.4. The standard InChI is InChI=1S/C18H18O8/c19-13-3-1-9(7-15(13)21)5-11(17(23)24)12(18(25)26)6-10-2-4-14(20)16(22)8-10/h1-4,7-8,11-12,19-22H,5-6H2,(H,23,24)(H,25,26)/t11-,12+. The summed E-state index contributed by atoms with van der Waals surface area (Å²) in [6.07, 6.45) is -0.353. The number of hydrogen-bond acceptors (Lipinski definition) is 6. The smallest absolute Gasteiger partial charge is 0.307 e. The molecule has 2 atom stereocenters. The number of carbonyl (C=O) groups is 2.